The number of aliphatic imine (C=N–C) groups is 1. The van der Waals surface area contributed by atoms with E-state index in [9.17, 15) is 0 Å². The first kappa shape index (κ1) is 23.2. The maximum absolute atomic E-state index is 5.94. The quantitative estimate of drug-likeness (QED) is 0.268. The van der Waals surface area contributed by atoms with Crippen LogP contribution in [0.5, 0.6) is 0 Å². The summed E-state index contributed by atoms with van der Waals surface area (Å²) in [6, 6.07) is 0. The van der Waals surface area contributed by atoms with Crippen molar-refractivity contribution in [2.45, 2.75) is 77.4 Å². The van der Waals surface area contributed by atoms with Gasteiger partial charge in [-0.05, 0) is 19.3 Å². The Morgan fingerprint density at radius 2 is 2.00 bits per heavy atom. The van der Waals surface area contributed by atoms with E-state index < -0.39 is 0 Å². The fraction of sp³-hybridized carbons (Fsp3) is 0.789. The molecule has 0 amide bonds. The molecule has 1 saturated carbocycles. The van der Waals surface area contributed by atoms with Gasteiger partial charge >= 0.3 is 0 Å². The van der Waals surface area contributed by atoms with Crippen LogP contribution in [0, 0.1) is 0 Å². The molecule has 0 unspecified atom stereocenters. The highest BCUT2D eigenvalue weighted by Gasteiger charge is 2.19. The van der Waals surface area contributed by atoms with E-state index in [1.54, 1.807) is 13.2 Å². The van der Waals surface area contributed by atoms with Gasteiger partial charge in [0.2, 0.25) is 5.89 Å². The second kappa shape index (κ2) is 11.8. The number of rotatable bonds is 7. The van der Waals surface area contributed by atoms with Crippen molar-refractivity contribution in [2.75, 3.05) is 20.2 Å². The normalized spacial score (nSPS) is 16.2. The van der Waals surface area contributed by atoms with Crippen molar-refractivity contribution < 1.29 is 9.15 Å². The lowest BCUT2D eigenvalue weighted by atomic mass is 9.94. The number of oxazole rings is 1. The summed E-state index contributed by atoms with van der Waals surface area (Å²) >= 11 is 0. The van der Waals surface area contributed by atoms with Gasteiger partial charge in [0.05, 0.1) is 18.8 Å². The lowest BCUT2D eigenvalue weighted by Crippen LogP contribution is -2.37. The molecule has 1 aromatic heterocycles. The number of nitrogens with one attached hydrogen (secondary N) is 2. The van der Waals surface area contributed by atoms with Gasteiger partial charge in [-0.15, -0.1) is 24.0 Å². The van der Waals surface area contributed by atoms with Gasteiger partial charge in [-0.25, -0.2) is 4.98 Å². The molecule has 26 heavy (non-hydrogen) atoms. The summed E-state index contributed by atoms with van der Waals surface area (Å²) in [5, 5.41) is 6.54. The van der Waals surface area contributed by atoms with Crippen molar-refractivity contribution in [3.8, 4) is 0 Å². The van der Waals surface area contributed by atoms with E-state index in [0.29, 0.717) is 18.5 Å². The highest BCUT2D eigenvalue weighted by atomic mass is 127. The summed E-state index contributed by atoms with van der Waals surface area (Å²) < 4.78 is 11.7. The van der Waals surface area contributed by atoms with Crippen molar-refractivity contribution in [2.24, 2.45) is 4.99 Å². The topological polar surface area (TPSA) is 71.7 Å². The van der Waals surface area contributed by atoms with Crippen LogP contribution >= 0.6 is 24.0 Å². The monoisotopic (exact) mass is 478 g/mol. The molecule has 0 aromatic carbocycles. The molecule has 0 radical (unpaired) electrons. The van der Waals surface area contributed by atoms with Crippen LogP contribution in [0.1, 0.15) is 70.9 Å². The van der Waals surface area contributed by atoms with Crippen LogP contribution in [-0.2, 0) is 16.7 Å². The second-order valence-electron chi connectivity index (χ2n) is 7.71. The van der Waals surface area contributed by atoms with E-state index in [1.165, 1.54) is 32.1 Å². The number of ether oxygens (including phenoxy) is 1. The van der Waals surface area contributed by atoms with E-state index in [2.05, 4.69) is 41.4 Å². The van der Waals surface area contributed by atoms with Gasteiger partial charge < -0.3 is 19.8 Å². The van der Waals surface area contributed by atoms with Crippen molar-refractivity contribution in [3.63, 3.8) is 0 Å². The molecule has 2 rings (SSSR count). The highest BCUT2D eigenvalue weighted by Crippen LogP contribution is 2.22. The molecule has 0 saturated heterocycles. The van der Waals surface area contributed by atoms with Gasteiger partial charge in [0.25, 0.3) is 0 Å². The molecule has 6 nitrogen and oxygen atoms in total. The zero-order chi connectivity index (χ0) is 18.1. The van der Waals surface area contributed by atoms with Crippen LogP contribution in [0.3, 0.4) is 0 Å². The zero-order valence-corrected chi connectivity index (χ0v) is 19.0. The molecule has 2 N–H and O–H groups in total. The summed E-state index contributed by atoms with van der Waals surface area (Å²) in [5.41, 5.74) is -0.0243. The first-order valence-corrected chi connectivity index (χ1v) is 9.50. The molecule has 0 atom stereocenters. The molecule has 1 fully saturated rings. The third-order valence-corrected chi connectivity index (χ3v) is 4.44. The number of hydrogen-bond acceptors (Lipinski definition) is 4. The Morgan fingerprint density at radius 1 is 1.27 bits per heavy atom. The molecule has 7 heteroatoms. The molecule has 1 aliphatic carbocycles. The van der Waals surface area contributed by atoms with Gasteiger partial charge in [0.15, 0.2) is 5.96 Å². The van der Waals surface area contributed by atoms with Gasteiger partial charge in [-0.1, -0.05) is 40.0 Å². The Morgan fingerprint density at radius 3 is 2.62 bits per heavy atom. The summed E-state index contributed by atoms with van der Waals surface area (Å²) in [6.45, 7) is 8.50. The van der Waals surface area contributed by atoms with Crippen molar-refractivity contribution in [1.82, 2.24) is 15.6 Å². The molecule has 0 aliphatic heterocycles. The first-order chi connectivity index (χ1) is 12.0. The smallest absolute Gasteiger partial charge is 0.213 e. The average Bonchev–Trinajstić information content (AvgIpc) is 3.07. The van der Waals surface area contributed by atoms with Crippen molar-refractivity contribution in [1.29, 1.82) is 0 Å². The third kappa shape index (κ3) is 8.24. The van der Waals surface area contributed by atoms with Crippen molar-refractivity contribution >= 4 is 29.9 Å². The average molecular weight is 478 g/mol. The maximum atomic E-state index is 5.94. The lowest BCUT2D eigenvalue weighted by Gasteiger charge is -2.22. The standard InChI is InChI=1S/C19H34N4O2.HI/c1-19(2,3)16-13-22-17(25-16)14-23-18(20-4)21-11-8-12-24-15-9-6-5-7-10-15;/h13,15H,5-12,14H2,1-4H3,(H2,20,21,23);1H. The summed E-state index contributed by atoms with van der Waals surface area (Å²) in [5.74, 6) is 2.33. The Bertz CT molecular complexity index is 534. The van der Waals surface area contributed by atoms with E-state index >= 15 is 0 Å². The molecule has 1 aliphatic rings. The maximum Gasteiger partial charge on any atom is 0.213 e. The molecular formula is C19H35IN4O2. The number of nitrogens with zero attached hydrogens (tertiary/aromatic N) is 2. The first-order valence-electron chi connectivity index (χ1n) is 9.50. The Kier molecular flexibility index (Phi) is 10.5. The number of hydrogen-bond donors (Lipinski definition) is 2. The Balaban J connectivity index is 0.00000338. The molecule has 1 heterocycles. The molecule has 0 spiro atoms. The SMILES string of the molecule is CN=C(NCCCOC1CCCCC1)NCc1ncc(C(C)(C)C)o1.I. The van der Waals surface area contributed by atoms with E-state index in [1.807, 2.05) is 0 Å². The van der Waals surface area contributed by atoms with Crippen LogP contribution in [0.15, 0.2) is 15.6 Å². The van der Waals surface area contributed by atoms with E-state index in [-0.39, 0.29) is 29.4 Å². The van der Waals surface area contributed by atoms with Gasteiger partial charge in [-0.3, -0.25) is 4.99 Å². The number of guanidine groups is 1. The summed E-state index contributed by atoms with van der Waals surface area (Å²) in [6.07, 6.45) is 9.71. The fourth-order valence-corrected chi connectivity index (χ4v) is 2.88. The van der Waals surface area contributed by atoms with Crippen LogP contribution in [0.4, 0.5) is 0 Å². The largest absolute Gasteiger partial charge is 0.443 e. The summed E-state index contributed by atoms with van der Waals surface area (Å²) in [7, 11) is 1.77. The number of aromatic nitrogens is 1. The zero-order valence-electron chi connectivity index (χ0n) is 16.6. The number of halogens is 1. The molecule has 0 bridgehead atoms. The third-order valence-electron chi connectivity index (χ3n) is 4.44. The minimum absolute atomic E-state index is 0. The van der Waals surface area contributed by atoms with Gasteiger partial charge in [0.1, 0.15) is 5.76 Å². The van der Waals surface area contributed by atoms with Crippen molar-refractivity contribution in [3.05, 3.63) is 17.8 Å². The summed E-state index contributed by atoms with van der Waals surface area (Å²) in [4.78, 5) is 8.55. The highest BCUT2D eigenvalue weighted by molar-refractivity contribution is 14.0. The van der Waals surface area contributed by atoms with E-state index in [0.717, 1.165) is 31.3 Å². The van der Waals surface area contributed by atoms with Crippen LogP contribution in [-0.4, -0.2) is 37.2 Å². The molecule has 150 valence electrons. The Hall–Kier alpha value is -0.830. The predicted molar refractivity (Wildman–Crippen MR) is 116 cm³/mol. The fourth-order valence-electron chi connectivity index (χ4n) is 2.88. The van der Waals surface area contributed by atoms with Gasteiger partial charge in [-0.2, -0.15) is 0 Å². The van der Waals surface area contributed by atoms with Crippen LogP contribution in [0.2, 0.25) is 0 Å². The second-order valence-corrected chi connectivity index (χ2v) is 7.71. The molecule has 1 aromatic rings. The Labute approximate surface area is 175 Å². The van der Waals surface area contributed by atoms with Crippen LogP contribution < -0.4 is 10.6 Å². The van der Waals surface area contributed by atoms with E-state index in [4.69, 9.17) is 9.15 Å². The minimum atomic E-state index is -0.0243. The van der Waals surface area contributed by atoms with Gasteiger partial charge in [0, 0.05) is 25.6 Å². The van der Waals surface area contributed by atoms with Crippen LogP contribution in [0.25, 0.3) is 0 Å². The minimum Gasteiger partial charge on any atom is -0.443 e. The molecular weight excluding hydrogens is 443 g/mol. The predicted octanol–water partition coefficient (Wildman–Crippen LogP) is 3.99. The lowest BCUT2D eigenvalue weighted by molar-refractivity contribution is 0.0277.